The quantitative estimate of drug-likeness (QED) is 0.843. The van der Waals surface area contributed by atoms with Crippen molar-refractivity contribution >= 4 is 17.4 Å². The van der Waals surface area contributed by atoms with Crippen molar-refractivity contribution in [3.63, 3.8) is 0 Å². The first-order valence-corrected chi connectivity index (χ1v) is 5.82. The first-order chi connectivity index (χ1) is 9.06. The summed E-state index contributed by atoms with van der Waals surface area (Å²) in [5, 5.41) is 2.61. The molecule has 98 valence electrons. The van der Waals surface area contributed by atoms with Crippen LogP contribution < -0.4 is 5.32 Å². The predicted octanol–water partition coefficient (Wildman–Crippen LogP) is 1.49. The Labute approximate surface area is 110 Å². The van der Waals surface area contributed by atoms with Crippen LogP contribution in [0.4, 0.5) is 5.69 Å². The van der Waals surface area contributed by atoms with Gasteiger partial charge in [-0.15, -0.1) is 0 Å². The second-order valence-corrected chi connectivity index (χ2v) is 4.18. The monoisotopic (exact) mass is 258 g/mol. The summed E-state index contributed by atoms with van der Waals surface area (Å²) in [4.78, 5) is 30.6. The van der Waals surface area contributed by atoms with Gasteiger partial charge in [-0.3, -0.25) is 14.2 Å². The minimum absolute atomic E-state index is 0.123. The first-order valence-electron chi connectivity index (χ1n) is 5.82. The molecule has 0 aromatic carbocycles. The fourth-order valence-electron chi connectivity index (χ4n) is 1.65. The lowest BCUT2D eigenvalue weighted by Crippen LogP contribution is -2.15. The van der Waals surface area contributed by atoms with E-state index in [0.29, 0.717) is 5.69 Å². The Morgan fingerprint density at radius 1 is 1.32 bits per heavy atom. The van der Waals surface area contributed by atoms with Crippen LogP contribution in [-0.4, -0.2) is 26.2 Å². The highest BCUT2D eigenvalue weighted by atomic mass is 16.2. The van der Waals surface area contributed by atoms with Gasteiger partial charge in [0, 0.05) is 12.4 Å². The molecule has 0 aliphatic rings. The Morgan fingerprint density at radius 2 is 2.11 bits per heavy atom. The topological polar surface area (TPSA) is 76.9 Å². The number of ketones is 1. The standard InChI is InChI=1S/C13H14N4O2/c1-9(18)7-13(19)16-11-3-4-12(15-8-11)17-6-5-14-10(17)2/h3-6,8H,7H2,1-2H3,(H,16,19). The number of imidazole rings is 1. The molecule has 2 heterocycles. The first kappa shape index (κ1) is 12.9. The zero-order chi connectivity index (χ0) is 13.8. The number of hydrogen-bond acceptors (Lipinski definition) is 4. The summed E-state index contributed by atoms with van der Waals surface area (Å²) in [6, 6.07) is 3.51. The Bertz CT molecular complexity index is 601. The normalized spacial score (nSPS) is 10.2. The van der Waals surface area contributed by atoms with Gasteiger partial charge in [-0.05, 0) is 26.0 Å². The molecule has 0 saturated heterocycles. The van der Waals surface area contributed by atoms with Crippen LogP contribution in [0.2, 0.25) is 0 Å². The van der Waals surface area contributed by atoms with Crippen LogP contribution in [0.1, 0.15) is 19.2 Å². The Hall–Kier alpha value is -2.50. The summed E-state index contributed by atoms with van der Waals surface area (Å²) in [6.45, 7) is 3.26. The Balaban J connectivity index is 2.09. The fourth-order valence-corrected chi connectivity index (χ4v) is 1.65. The zero-order valence-electron chi connectivity index (χ0n) is 10.8. The lowest BCUT2D eigenvalue weighted by Gasteiger charge is -2.06. The number of nitrogens with one attached hydrogen (secondary N) is 1. The van der Waals surface area contributed by atoms with Gasteiger partial charge < -0.3 is 5.32 Å². The van der Waals surface area contributed by atoms with E-state index >= 15 is 0 Å². The second-order valence-electron chi connectivity index (χ2n) is 4.18. The van der Waals surface area contributed by atoms with Gasteiger partial charge in [-0.2, -0.15) is 0 Å². The molecule has 2 aromatic rings. The lowest BCUT2D eigenvalue weighted by molar-refractivity contribution is -0.124. The number of rotatable bonds is 4. The minimum atomic E-state index is -0.333. The smallest absolute Gasteiger partial charge is 0.231 e. The zero-order valence-corrected chi connectivity index (χ0v) is 10.8. The summed E-state index contributed by atoms with van der Waals surface area (Å²) in [6.07, 6.45) is 4.93. The van der Waals surface area contributed by atoms with Crippen LogP contribution >= 0.6 is 0 Å². The highest BCUT2D eigenvalue weighted by Crippen LogP contribution is 2.11. The van der Waals surface area contributed by atoms with Crippen molar-refractivity contribution in [1.29, 1.82) is 0 Å². The molecule has 0 fully saturated rings. The second kappa shape index (κ2) is 5.43. The maximum absolute atomic E-state index is 11.4. The van der Waals surface area contributed by atoms with Crippen LogP contribution in [0.15, 0.2) is 30.7 Å². The molecule has 0 atom stereocenters. The van der Waals surface area contributed by atoms with E-state index in [0.717, 1.165) is 11.6 Å². The summed E-state index contributed by atoms with van der Waals surface area (Å²) < 4.78 is 1.83. The van der Waals surface area contributed by atoms with E-state index in [-0.39, 0.29) is 18.1 Å². The third kappa shape index (κ3) is 3.25. The molecule has 6 heteroatoms. The van der Waals surface area contributed by atoms with Gasteiger partial charge in [0.15, 0.2) is 0 Å². The van der Waals surface area contributed by atoms with E-state index in [2.05, 4.69) is 15.3 Å². The Morgan fingerprint density at radius 3 is 2.63 bits per heavy atom. The molecule has 6 nitrogen and oxygen atoms in total. The van der Waals surface area contributed by atoms with Gasteiger partial charge in [0.2, 0.25) is 5.91 Å². The molecule has 0 bridgehead atoms. The van der Waals surface area contributed by atoms with Gasteiger partial charge >= 0.3 is 0 Å². The molecular formula is C13H14N4O2. The molecule has 0 saturated carbocycles. The highest BCUT2D eigenvalue weighted by molar-refractivity contribution is 6.03. The van der Waals surface area contributed by atoms with Gasteiger partial charge in [0.25, 0.3) is 0 Å². The third-order valence-electron chi connectivity index (χ3n) is 2.51. The number of anilines is 1. The van der Waals surface area contributed by atoms with Crippen molar-refractivity contribution in [2.75, 3.05) is 5.32 Å². The number of aryl methyl sites for hydroxylation is 1. The summed E-state index contributed by atoms with van der Waals surface area (Å²) in [5.74, 6) is 1.05. The van der Waals surface area contributed by atoms with Gasteiger partial charge in [-0.25, -0.2) is 9.97 Å². The Kier molecular flexibility index (Phi) is 3.70. The van der Waals surface area contributed by atoms with E-state index in [9.17, 15) is 9.59 Å². The SMILES string of the molecule is CC(=O)CC(=O)Nc1ccc(-n2ccnc2C)nc1. The van der Waals surface area contributed by atoms with E-state index in [1.54, 1.807) is 24.5 Å². The molecule has 0 radical (unpaired) electrons. The van der Waals surface area contributed by atoms with E-state index in [1.807, 2.05) is 17.7 Å². The largest absolute Gasteiger partial charge is 0.324 e. The van der Waals surface area contributed by atoms with Crippen molar-refractivity contribution in [1.82, 2.24) is 14.5 Å². The molecular weight excluding hydrogens is 244 g/mol. The minimum Gasteiger partial charge on any atom is -0.324 e. The molecule has 2 rings (SSSR count). The molecule has 1 N–H and O–H groups in total. The maximum atomic E-state index is 11.4. The van der Waals surface area contributed by atoms with Crippen LogP contribution in [0.3, 0.4) is 0 Å². The van der Waals surface area contributed by atoms with Gasteiger partial charge in [0.1, 0.15) is 17.4 Å². The number of carbonyl (C=O) groups excluding carboxylic acids is 2. The van der Waals surface area contributed by atoms with Crippen LogP contribution in [-0.2, 0) is 9.59 Å². The molecule has 19 heavy (non-hydrogen) atoms. The van der Waals surface area contributed by atoms with E-state index in [1.165, 1.54) is 6.92 Å². The van der Waals surface area contributed by atoms with Gasteiger partial charge in [-0.1, -0.05) is 0 Å². The van der Waals surface area contributed by atoms with Crippen molar-refractivity contribution in [2.45, 2.75) is 20.3 Å². The average molecular weight is 258 g/mol. The molecule has 0 unspecified atom stereocenters. The van der Waals surface area contributed by atoms with Crippen molar-refractivity contribution < 1.29 is 9.59 Å². The average Bonchev–Trinajstić information content (AvgIpc) is 2.75. The summed E-state index contributed by atoms with van der Waals surface area (Å²) in [5.41, 5.74) is 0.563. The van der Waals surface area contributed by atoms with E-state index in [4.69, 9.17) is 0 Å². The molecule has 0 spiro atoms. The summed E-state index contributed by atoms with van der Waals surface area (Å²) in [7, 11) is 0. The predicted molar refractivity (Wildman–Crippen MR) is 70.0 cm³/mol. The van der Waals surface area contributed by atoms with Crippen molar-refractivity contribution in [3.8, 4) is 5.82 Å². The van der Waals surface area contributed by atoms with Crippen LogP contribution in [0.5, 0.6) is 0 Å². The van der Waals surface area contributed by atoms with Crippen LogP contribution in [0.25, 0.3) is 5.82 Å². The number of pyridine rings is 1. The van der Waals surface area contributed by atoms with Crippen LogP contribution in [0, 0.1) is 6.92 Å². The molecule has 2 aromatic heterocycles. The van der Waals surface area contributed by atoms with Crippen molar-refractivity contribution in [3.05, 3.63) is 36.5 Å². The number of amides is 1. The van der Waals surface area contributed by atoms with Gasteiger partial charge in [0.05, 0.1) is 18.3 Å². The molecule has 1 amide bonds. The number of aromatic nitrogens is 3. The summed E-state index contributed by atoms with van der Waals surface area (Å²) >= 11 is 0. The molecule has 0 aliphatic carbocycles. The number of Topliss-reactive ketones (excluding diaryl/α,β-unsaturated/α-hetero) is 1. The number of nitrogens with zero attached hydrogens (tertiary/aromatic N) is 3. The lowest BCUT2D eigenvalue weighted by atomic mass is 10.3. The third-order valence-corrected chi connectivity index (χ3v) is 2.51. The number of hydrogen-bond donors (Lipinski definition) is 1. The molecule has 0 aliphatic heterocycles. The maximum Gasteiger partial charge on any atom is 0.231 e. The fraction of sp³-hybridized carbons (Fsp3) is 0.231. The van der Waals surface area contributed by atoms with Crippen molar-refractivity contribution in [2.24, 2.45) is 0 Å². The number of carbonyl (C=O) groups is 2. The highest BCUT2D eigenvalue weighted by Gasteiger charge is 2.06. The van der Waals surface area contributed by atoms with E-state index < -0.39 is 0 Å².